The number of ether oxygens (including phenoxy) is 1. The van der Waals surface area contributed by atoms with E-state index in [1.807, 2.05) is 30.3 Å². The van der Waals surface area contributed by atoms with Gasteiger partial charge in [0.1, 0.15) is 5.75 Å². The van der Waals surface area contributed by atoms with E-state index in [0.29, 0.717) is 24.5 Å². The van der Waals surface area contributed by atoms with Crippen LogP contribution in [0.15, 0.2) is 46.9 Å². The SMILES string of the molecule is COc1ccccc1NC(=O)N1Cc2ccc(Br)cc2C1. The molecule has 0 bridgehead atoms. The number of anilines is 1. The maximum atomic E-state index is 12.4. The van der Waals surface area contributed by atoms with E-state index in [1.165, 1.54) is 11.1 Å². The van der Waals surface area contributed by atoms with Crippen molar-refractivity contribution in [2.24, 2.45) is 0 Å². The number of nitrogens with zero attached hydrogens (tertiary/aromatic N) is 1. The summed E-state index contributed by atoms with van der Waals surface area (Å²) in [6, 6.07) is 13.4. The van der Waals surface area contributed by atoms with Gasteiger partial charge in [-0.3, -0.25) is 0 Å². The second kappa shape index (κ2) is 5.77. The van der Waals surface area contributed by atoms with Crippen molar-refractivity contribution in [2.75, 3.05) is 12.4 Å². The number of carbonyl (C=O) groups is 1. The third-order valence-corrected chi connectivity index (χ3v) is 4.02. The molecule has 0 radical (unpaired) electrons. The zero-order chi connectivity index (χ0) is 14.8. The molecule has 108 valence electrons. The van der Waals surface area contributed by atoms with Gasteiger partial charge in [-0.1, -0.05) is 34.1 Å². The average molecular weight is 347 g/mol. The van der Waals surface area contributed by atoms with Crippen LogP contribution in [0.5, 0.6) is 5.75 Å². The van der Waals surface area contributed by atoms with Gasteiger partial charge in [0.2, 0.25) is 0 Å². The molecule has 0 saturated heterocycles. The highest BCUT2D eigenvalue weighted by atomic mass is 79.9. The molecule has 0 spiro atoms. The van der Waals surface area contributed by atoms with Crippen LogP contribution in [0, 0.1) is 0 Å². The smallest absolute Gasteiger partial charge is 0.322 e. The number of hydrogen-bond donors (Lipinski definition) is 1. The minimum atomic E-state index is -0.119. The molecule has 1 aliphatic heterocycles. The number of urea groups is 1. The van der Waals surface area contributed by atoms with Crippen LogP contribution in [0.2, 0.25) is 0 Å². The summed E-state index contributed by atoms with van der Waals surface area (Å²) in [5.41, 5.74) is 3.05. The second-order valence-electron chi connectivity index (χ2n) is 4.90. The van der Waals surface area contributed by atoms with Crippen molar-refractivity contribution >= 4 is 27.6 Å². The van der Waals surface area contributed by atoms with Crippen molar-refractivity contribution in [2.45, 2.75) is 13.1 Å². The third-order valence-electron chi connectivity index (χ3n) is 3.53. The summed E-state index contributed by atoms with van der Waals surface area (Å²) in [6.45, 7) is 1.25. The Balaban J connectivity index is 1.73. The lowest BCUT2D eigenvalue weighted by atomic mass is 10.1. The van der Waals surface area contributed by atoms with Crippen molar-refractivity contribution in [3.05, 3.63) is 58.1 Å². The number of methoxy groups -OCH3 is 1. The minimum Gasteiger partial charge on any atom is -0.495 e. The molecule has 2 aromatic rings. The van der Waals surface area contributed by atoms with Crippen molar-refractivity contribution in [3.63, 3.8) is 0 Å². The topological polar surface area (TPSA) is 41.6 Å². The number of fused-ring (bicyclic) bond motifs is 1. The number of nitrogens with one attached hydrogen (secondary N) is 1. The van der Waals surface area contributed by atoms with Gasteiger partial charge in [0, 0.05) is 17.6 Å². The van der Waals surface area contributed by atoms with E-state index in [-0.39, 0.29) is 6.03 Å². The van der Waals surface area contributed by atoms with E-state index in [0.717, 1.165) is 4.47 Å². The normalized spacial score (nSPS) is 13.0. The van der Waals surface area contributed by atoms with Crippen molar-refractivity contribution < 1.29 is 9.53 Å². The van der Waals surface area contributed by atoms with Gasteiger partial charge in [-0.15, -0.1) is 0 Å². The lowest BCUT2D eigenvalue weighted by Crippen LogP contribution is -2.30. The van der Waals surface area contributed by atoms with E-state index in [4.69, 9.17) is 4.74 Å². The molecule has 0 atom stereocenters. The van der Waals surface area contributed by atoms with Crippen LogP contribution in [0.4, 0.5) is 10.5 Å². The molecular formula is C16H15BrN2O2. The van der Waals surface area contributed by atoms with Gasteiger partial charge in [-0.2, -0.15) is 0 Å². The van der Waals surface area contributed by atoms with Gasteiger partial charge in [-0.25, -0.2) is 4.79 Å². The summed E-state index contributed by atoms with van der Waals surface area (Å²) in [4.78, 5) is 14.2. The fourth-order valence-corrected chi connectivity index (χ4v) is 2.86. The van der Waals surface area contributed by atoms with Crippen molar-refractivity contribution in [1.82, 2.24) is 4.90 Å². The van der Waals surface area contributed by atoms with Crippen LogP contribution in [0.25, 0.3) is 0 Å². The summed E-state index contributed by atoms with van der Waals surface area (Å²) in [5.74, 6) is 0.658. The van der Waals surface area contributed by atoms with Crippen LogP contribution in [-0.2, 0) is 13.1 Å². The summed E-state index contributed by atoms with van der Waals surface area (Å²) < 4.78 is 6.28. The first-order valence-corrected chi connectivity index (χ1v) is 7.43. The maximum absolute atomic E-state index is 12.4. The van der Waals surface area contributed by atoms with Crippen LogP contribution >= 0.6 is 15.9 Å². The Morgan fingerprint density at radius 3 is 2.76 bits per heavy atom. The largest absolute Gasteiger partial charge is 0.495 e. The fraction of sp³-hybridized carbons (Fsp3) is 0.188. The zero-order valence-corrected chi connectivity index (χ0v) is 13.2. The molecule has 0 aliphatic carbocycles. The van der Waals surface area contributed by atoms with Crippen molar-refractivity contribution in [1.29, 1.82) is 0 Å². The Kier molecular flexibility index (Phi) is 3.84. The first-order chi connectivity index (χ1) is 10.2. The van der Waals surface area contributed by atoms with E-state index in [1.54, 1.807) is 12.0 Å². The fourth-order valence-electron chi connectivity index (χ4n) is 2.45. The van der Waals surface area contributed by atoms with E-state index < -0.39 is 0 Å². The molecule has 0 unspecified atom stereocenters. The molecule has 1 N–H and O–H groups in total. The highest BCUT2D eigenvalue weighted by Gasteiger charge is 2.23. The highest BCUT2D eigenvalue weighted by molar-refractivity contribution is 9.10. The molecule has 0 aromatic heterocycles. The van der Waals surface area contributed by atoms with Crippen LogP contribution in [-0.4, -0.2) is 18.0 Å². The number of halogens is 1. The summed E-state index contributed by atoms with van der Waals surface area (Å²) >= 11 is 3.46. The van der Waals surface area contributed by atoms with Crippen LogP contribution in [0.3, 0.4) is 0 Å². The molecule has 4 nitrogen and oxygen atoms in total. The summed E-state index contributed by atoms with van der Waals surface area (Å²) in [5, 5.41) is 2.90. The third kappa shape index (κ3) is 2.88. The summed E-state index contributed by atoms with van der Waals surface area (Å²) in [6.07, 6.45) is 0. The van der Waals surface area contributed by atoms with E-state index in [9.17, 15) is 4.79 Å². The van der Waals surface area contributed by atoms with E-state index in [2.05, 4.69) is 33.4 Å². The Bertz CT molecular complexity index is 688. The molecule has 5 heteroatoms. The lowest BCUT2D eigenvalue weighted by Gasteiger charge is -2.17. The van der Waals surface area contributed by atoms with Crippen LogP contribution in [0.1, 0.15) is 11.1 Å². The lowest BCUT2D eigenvalue weighted by molar-refractivity contribution is 0.212. The molecule has 0 fully saturated rings. The Hall–Kier alpha value is -2.01. The number of rotatable bonds is 2. The van der Waals surface area contributed by atoms with Crippen molar-refractivity contribution in [3.8, 4) is 5.75 Å². The number of amides is 2. The molecular weight excluding hydrogens is 332 g/mol. The average Bonchev–Trinajstić information content (AvgIpc) is 2.91. The number of carbonyl (C=O) groups excluding carboxylic acids is 1. The monoisotopic (exact) mass is 346 g/mol. The number of benzene rings is 2. The molecule has 1 aliphatic rings. The minimum absolute atomic E-state index is 0.119. The molecule has 0 saturated carbocycles. The van der Waals surface area contributed by atoms with Crippen LogP contribution < -0.4 is 10.1 Å². The summed E-state index contributed by atoms with van der Waals surface area (Å²) in [7, 11) is 1.59. The quantitative estimate of drug-likeness (QED) is 0.892. The van der Waals surface area contributed by atoms with E-state index >= 15 is 0 Å². The number of hydrogen-bond acceptors (Lipinski definition) is 2. The molecule has 3 rings (SSSR count). The molecule has 2 aromatic carbocycles. The Morgan fingerprint density at radius 2 is 1.95 bits per heavy atom. The first kappa shape index (κ1) is 13.9. The van der Waals surface area contributed by atoms with Gasteiger partial charge < -0.3 is 15.0 Å². The predicted molar refractivity (Wildman–Crippen MR) is 85.4 cm³/mol. The second-order valence-corrected chi connectivity index (χ2v) is 5.82. The molecule has 21 heavy (non-hydrogen) atoms. The molecule has 1 heterocycles. The van der Waals surface area contributed by atoms with Gasteiger partial charge in [0.15, 0.2) is 0 Å². The Labute approximate surface area is 131 Å². The van der Waals surface area contributed by atoms with Gasteiger partial charge >= 0.3 is 6.03 Å². The predicted octanol–water partition coefficient (Wildman–Crippen LogP) is 4.01. The standard InChI is InChI=1S/C16H15BrN2O2/c1-21-15-5-3-2-4-14(15)18-16(20)19-9-11-6-7-13(17)8-12(11)10-19/h2-8H,9-10H2,1H3,(H,18,20). The van der Waals surface area contributed by atoms with Gasteiger partial charge in [0.25, 0.3) is 0 Å². The van der Waals surface area contributed by atoms with Gasteiger partial charge in [-0.05, 0) is 35.4 Å². The Morgan fingerprint density at radius 1 is 1.19 bits per heavy atom. The number of para-hydroxylation sites is 2. The first-order valence-electron chi connectivity index (χ1n) is 6.63. The highest BCUT2D eigenvalue weighted by Crippen LogP contribution is 2.28. The molecule has 2 amide bonds. The van der Waals surface area contributed by atoms with Gasteiger partial charge in [0.05, 0.1) is 12.8 Å². The maximum Gasteiger partial charge on any atom is 0.322 e. The zero-order valence-electron chi connectivity index (χ0n) is 11.6.